The van der Waals surface area contributed by atoms with Crippen molar-refractivity contribution in [2.75, 3.05) is 19.6 Å². The minimum Gasteiger partial charge on any atom is -0.355 e. The molecule has 4 fully saturated rings. The van der Waals surface area contributed by atoms with E-state index in [-0.39, 0.29) is 12.4 Å². The van der Waals surface area contributed by atoms with Gasteiger partial charge in [0.1, 0.15) is 0 Å². The van der Waals surface area contributed by atoms with Crippen molar-refractivity contribution in [2.24, 2.45) is 29.6 Å². The van der Waals surface area contributed by atoms with Crippen LogP contribution in [0.15, 0.2) is 0 Å². The predicted molar refractivity (Wildman–Crippen MR) is 84.0 cm³/mol. The van der Waals surface area contributed by atoms with Crippen molar-refractivity contribution in [1.29, 1.82) is 0 Å². The van der Waals surface area contributed by atoms with Crippen LogP contribution in [0.5, 0.6) is 0 Å². The summed E-state index contributed by atoms with van der Waals surface area (Å²) in [6.45, 7) is 4.92. The van der Waals surface area contributed by atoms with Gasteiger partial charge in [-0.05, 0) is 68.7 Å². The largest absolute Gasteiger partial charge is 0.355 e. The third-order valence-electron chi connectivity index (χ3n) is 5.56. The maximum atomic E-state index is 12.4. The molecule has 1 amide bonds. The summed E-state index contributed by atoms with van der Waals surface area (Å²) in [5.41, 5.74) is 0. The quantitative estimate of drug-likeness (QED) is 0.740. The molecule has 2 N–H and O–H groups in total. The number of carbonyl (C=O) groups is 1. The first-order valence-corrected chi connectivity index (χ1v) is 8.26. The average Bonchev–Trinajstić information content (AvgIpc) is 2.37. The van der Waals surface area contributed by atoms with Gasteiger partial charge in [0.25, 0.3) is 0 Å². The SMILES string of the molecule is CCCNCCNC(=O)C1C2CC3CC(C2)CC1C3.Cl. The first kappa shape index (κ1) is 16.1. The van der Waals surface area contributed by atoms with Gasteiger partial charge in [0, 0.05) is 19.0 Å². The molecule has 0 unspecified atom stereocenters. The fourth-order valence-corrected chi connectivity index (χ4v) is 5.05. The summed E-state index contributed by atoms with van der Waals surface area (Å²) in [6.07, 6.45) is 7.95. The van der Waals surface area contributed by atoms with Crippen molar-refractivity contribution in [2.45, 2.75) is 45.4 Å². The number of amides is 1. The summed E-state index contributed by atoms with van der Waals surface area (Å²) in [4.78, 5) is 12.4. The van der Waals surface area contributed by atoms with Gasteiger partial charge < -0.3 is 10.6 Å². The van der Waals surface area contributed by atoms with E-state index >= 15 is 0 Å². The van der Waals surface area contributed by atoms with Crippen LogP contribution in [0, 0.1) is 29.6 Å². The van der Waals surface area contributed by atoms with Crippen LogP contribution < -0.4 is 10.6 Å². The van der Waals surface area contributed by atoms with E-state index in [0.29, 0.717) is 23.7 Å². The van der Waals surface area contributed by atoms with Gasteiger partial charge in [-0.1, -0.05) is 6.92 Å². The van der Waals surface area contributed by atoms with Gasteiger partial charge in [0.05, 0.1) is 0 Å². The van der Waals surface area contributed by atoms with Crippen LogP contribution in [0.25, 0.3) is 0 Å². The summed E-state index contributed by atoms with van der Waals surface area (Å²) in [5.74, 6) is 4.03. The fraction of sp³-hybridized carbons (Fsp3) is 0.938. The lowest BCUT2D eigenvalue weighted by molar-refractivity contribution is -0.138. The normalized spacial score (nSPS) is 37.5. The average molecular weight is 301 g/mol. The van der Waals surface area contributed by atoms with E-state index in [4.69, 9.17) is 0 Å². The smallest absolute Gasteiger partial charge is 0.223 e. The van der Waals surface area contributed by atoms with Crippen molar-refractivity contribution in [3.05, 3.63) is 0 Å². The second-order valence-electron chi connectivity index (χ2n) is 7.00. The molecule has 0 aromatic heterocycles. The molecule has 4 rings (SSSR count). The lowest BCUT2D eigenvalue weighted by atomic mass is 9.51. The second-order valence-corrected chi connectivity index (χ2v) is 7.00. The number of hydrogen-bond acceptors (Lipinski definition) is 2. The van der Waals surface area contributed by atoms with Gasteiger partial charge in [-0.25, -0.2) is 0 Å². The molecule has 116 valence electrons. The van der Waals surface area contributed by atoms with E-state index in [1.54, 1.807) is 0 Å². The Kier molecular flexibility index (Phi) is 5.74. The molecule has 0 spiro atoms. The van der Waals surface area contributed by atoms with Crippen molar-refractivity contribution >= 4 is 18.3 Å². The molecule has 3 nitrogen and oxygen atoms in total. The van der Waals surface area contributed by atoms with Crippen molar-refractivity contribution in [1.82, 2.24) is 10.6 Å². The fourth-order valence-electron chi connectivity index (χ4n) is 5.05. The Labute approximate surface area is 129 Å². The Morgan fingerprint density at radius 1 is 0.950 bits per heavy atom. The Balaban J connectivity index is 0.00000147. The lowest BCUT2D eigenvalue weighted by Gasteiger charge is -2.53. The number of hydrogen-bond donors (Lipinski definition) is 2. The van der Waals surface area contributed by atoms with Crippen LogP contribution in [0.2, 0.25) is 0 Å². The van der Waals surface area contributed by atoms with Crippen molar-refractivity contribution in [3.63, 3.8) is 0 Å². The monoisotopic (exact) mass is 300 g/mol. The van der Waals surface area contributed by atoms with E-state index in [0.717, 1.165) is 37.9 Å². The molecule has 0 atom stereocenters. The molecule has 0 saturated heterocycles. The zero-order valence-electron chi connectivity index (χ0n) is 12.6. The lowest BCUT2D eigenvalue weighted by Crippen LogP contribution is -2.51. The molecular weight excluding hydrogens is 272 g/mol. The van der Waals surface area contributed by atoms with Gasteiger partial charge in [-0.15, -0.1) is 12.4 Å². The molecule has 0 aliphatic heterocycles. The predicted octanol–water partition coefficient (Wildman–Crippen LogP) is 2.60. The van der Waals surface area contributed by atoms with Crippen LogP contribution in [0.3, 0.4) is 0 Å². The van der Waals surface area contributed by atoms with Gasteiger partial charge in [0.15, 0.2) is 0 Å². The topological polar surface area (TPSA) is 41.1 Å². The third-order valence-corrected chi connectivity index (χ3v) is 5.56. The minimum absolute atomic E-state index is 0. The third kappa shape index (κ3) is 3.30. The first-order valence-electron chi connectivity index (χ1n) is 8.26. The maximum absolute atomic E-state index is 12.4. The standard InChI is InChI=1S/C16H28N2O.ClH/c1-2-3-17-4-5-18-16(19)15-13-7-11-6-12(9-13)10-14(15)8-11;/h11-15,17H,2-10H2,1H3,(H,18,19);1H. The molecule has 0 aromatic carbocycles. The number of carbonyl (C=O) groups excluding carboxylic acids is 1. The highest BCUT2D eigenvalue weighted by atomic mass is 35.5. The van der Waals surface area contributed by atoms with Crippen LogP contribution in [0.1, 0.15) is 45.4 Å². The Morgan fingerprint density at radius 3 is 2.10 bits per heavy atom. The molecule has 4 saturated carbocycles. The zero-order valence-corrected chi connectivity index (χ0v) is 13.4. The molecule has 4 bridgehead atoms. The van der Waals surface area contributed by atoms with Gasteiger partial charge in [0.2, 0.25) is 5.91 Å². The molecule has 0 radical (unpaired) electrons. The Morgan fingerprint density at radius 2 is 1.55 bits per heavy atom. The molecular formula is C16H29ClN2O. The number of nitrogens with one attached hydrogen (secondary N) is 2. The zero-order chi connectivity index (χ0) is 13.2. The number of rotatable bonds is 6. The molecule has 0 heterocycles. The van der Waals surface area contributed by atoms with Crippen molar-refractivity contribution in [3.8, 4) is 0 Å². The van der Waals surface area contributed by atoms with Gasteiger partial charge in [-0.2, -0.15) is 0 Å². The van der Waals surface area contributed by atoms with Gasteiger partial charge in [-0.3, -0.25) is 4.79 Å². The molecule has 4 aliphatic rings. The van der Waals surface area contributed by atoms with Gasteiger partial charge >= 0.3 is 0 Å². The summed E-state index contributed by atoms with van der Waals surface area (Å²) in [7, 11) is 0. The van der Waals surface area contributed by atoms with E-state index in [1.165, 1.54) is 32.1 Å². The van der Waals surface area contributed by atoms with Crippen molar-refractivity contribution < 1.29 is 4.79 Å². The van der Waals surface area contributed by atoms with E-state index in [9.17, 15) is 4.79 Å². The summed E-state index contributed by atoms with van der Waals surface area (Å²) >= 11 is 0. The van der Waals surface area contributed by atoms with E-state index < -0.39 is 0 Å². The highest BCUT2D eigenvalue weighted by molar-refractivity contribution is 5.85. The molecule has 4 aliphatic carbocycles. The second kappa shape index (κ2) is 7.13. The van der Waals surface area contributed by atoms with Crippen LogP contribution in [-0.2, 0) is 4.79 Å². The molecule has 0 aromatic rings. The Hall–Kier alpha value is -0.280. The van der Waals surface area contributed by atoms with Crippen LogP contribution in [0.4, 0.5) is 0 Å². The van der Waals surface area contributed by atoms with E-state index in [1.807, 2.05) is 0 Å². The minimum atomic E-state index is 0. The van der Waals surface area contributed by atoms with E-state index in [2.05, 4.69) is 17.6 Å². The summed E-state index contributed by atoms with van der Waals surface area (Å²) < 4.78 is 0. The Bertz CT molecular complexity index is 306. The van der Waals surface area contributed by atoms with Crippen LogP contribution in [-0.4, -0.2) is 25.5 Å². The molecule has 4 heteroatoms. The highest BCUT2D eigenvalue weighted by Crippen LogP contribution is 2.56. The number of halogens is 1. The summed E-state index contributed by atoms with van der Waals surface area (Å²) in [6, 6.07) is 0. The molecule has 20 heavy (non-hydrogen) atoms. The first-order chi connectivity index (χ1) is 9.28. The highest BCUT2D eigenvalue weighted by Gasteiger charge is 2.50. The van der Waals surface area contributed by atoms with Crippen LogP contribution >= 0.6 is 12.4 Å². The maximum Gasteiger partial charge on any atom is 0.223 e. The summed E-state index contributed by atoms with van der Waals surface area (Å²) in [5, 5.41) is 6.51.